The largest absolute Gasteiger partial charge is 0.415 e. The number of likely N-dealkylation sites (tertiary alicyclic amines) is 1. The van der Waals surface area contributed by atoms with Crippen molar-refractivity contribution < 1.29 is 13.9 Å². The Labute approximate surface area is 181 Å². The molecule has 3 aromatic rings. The molecule has 156 valence electrons. The summed E-state index contributed by atoms with van der Waals surface area (Å²) in [7, 11) is 0. The quantitative estimate of drug-likeness (QED) is 0.547. The SMILES string of the molecule is N#Cc1ccc(F)c(OC(=O)N2CCC(C(c3ccccc3)c3ccccc3)CC2)c1. The van der Waals surface area contributed by atoms with Crippen molar-refractivity contribution in [3.63, 3.8) is 0 Å². The number of ether oxygens (including phenoxy) is 1. The second-order valence-electron chi connectivity index (χ2n) is 7.75. The molecular formula is C26H23FN2O2. The van der Waals surface area contributed by atoms with Gasteiger partial charge in [0.1, 0.15) is 0 Å². The molecule has 4 nitrogen and oxygen atoms in total. The van der Waals surface area contributed by atoms with Gasteiger partial charge < -0.3 is 9.64 Å². The maximum atomic E-state index is 14.0. The van der Waals surface area contributed by atoms with E-state index in [1.165, 1.54) is 23.3 Å². The lowest BCUT2D eigenvalue weighted by molar-refractivity contribution is 0.126. The monoisotopic (exact) mass is 414 g/mol. The van der Waals surface area contributed by atoms with Crippen LogP contribution in [-0.4, -0.2) is 24.1 Å². The molecule has 0 aromatic heterocycles. The van der Waals surface area contributed by atoms with Crippen molar-refractivity contribution in [3.8, 4) is 11.8 Å². The topological polar surface area (TPSA) is 53.3 Å². The molecule has 31 heavy (non-hydrogen) atoms. The molecule has 1 fully saturated rings. The van der Waals surface area contributed by atoms with E-state index < -0.39 is 11.9 Å². The molecule has 1 aliphatic heterocycles. The van der Waals surface area contributed by atoms with Gasteiger partial charge in [-0.1, -0.05) is 60.7 Å². The van der Waals surface area contributed by atoms with E-state index in [-0.39, 0.29) is 17.2 Å². The Balaban J connectivity index is 1.46. The van der Waals surface area contributed by atoms with E-state index in [0.717, 1.165) is 18.9 Å². The molecule has 0 bridgehead atoms. The fourth-order valence-electron chi connectivity index (χ4n) is 4.28. The molecule has 0 aliphatic carbocycles. The Morgan fingerprint density at radius 2 is 1.55 bits per heavy atom. The van der Waals surface area contributed by atoms with E-state index in [0.29, 0.717) is 19.0 Å². The van der Waals surface area contributed by atoms with Gasteiger partial charge in [-0.15, -0.1) is 0 Å². The van der Waals surface area contributed by atoms with Crippen LogP contribution in [0.25, 0.3) is 0 Å². The predicted molar refractivity (Wildman–Crippen MR) is 116 cm³/mol. The van der Waals surface area contributed by atoms with Gasteiger partial charge in [-0.3, -0.25) is 0 Å². The van der Waals surface area contributed by atoms with E-state index in [9.17, 15) is 9.18 Å². The van der Waals surface area contributed by atoms with Gasteiger partial charge in [0.05, 0.1) is 11.6 Å². The molecule has 0 N–H and O–H groups in total. The van der Waals surface area contributed by atoms with E-state index >= 15 is 0 Å². The van der Waals surface area contributed by atoms with Gasteiger partial charge in [-0.05, 0) is 42.0 Å². The number of nitrogens with zero attached hydrogens (tertiary/aromatic N) is 2. The van der Waals surface area contributed by atoms with Gasteiger partial charge >= 0.3 is 6.09 Å². The standard InChI is InChI=1S/C26H23FN2O2/c27-23-12-11-19(18-28)17-24(23)31-26(30)29-15-13-22(14-16-29)25(20-7-3-1-4-8-20)21-9-5-2-6-10-21/h1-12,17,22,25H,13-16H2. The maximum absolute atomic E-state index is 14.0. The molecule has 0 unspecified atom stereocenters. The van der Waals surface area contributed by atoms with Crippen molar-refractivity contribution in [1.29, 1.82) is 5.26 Å². The zero-order valence-electron chi connectivity index (χ0n) is 17.1. The Morgan fingerprint density at radius 1 is 0.968 bits per heavy atom. The van der Waals surface area contributed by atoms with Crippen LogP contribution in [0.15, 0.2) is 78.9 Å². The van der Waals surface area contributed by atoms with Crippen LogP contribution in [0.1, 0.15) is 35.4 Å². The lowest BCUT2D eigenvalue weighted by Crippen LogP contribution is -2.41. The zero-order valence-corrected chi connectivity index (χ0v) is 17.1. The van der Waals surface area contributed by atoms with Crippen LogP contribution in [0.2, 0.25) is 0 Å². The number of amides is 1. The minimum absolute atomic E-state index is 0.211. The Morgan fingerprint density at radius 3 is 2.10 bits per heavy atom. The average molecular weight is 414 g/mol. The van der Waals surface area contributed by atoms with Crippen molar-refractivity contribution in [2.45, 2.75) is 18.8 Å². The van der Waals surface area contributed by atoms with Crippen molar-refractivity contribution in [1.82, 2.24) is 4.90 Å². The first-order valence-electron chi connectivity index (χ1n) is 10.4. The first-order valence-corrected chi connectivity index (χ1v) is 10.4. The smallest absolute Gasteiger partial charge is 0.407 e. The number of hydrogen-bond acceptors (Lipinski definition) is 3. The first-order chi connectivity index (χ1) is 15.2. The van der Waals surface area contributed by atoms with Crippen LogP contribution in [-0.2, 0) is 0 Å². The van der Waals surface area contributed by atoms with Gasteiger partial charge in [0.25, 0.3) is 0 Å². The molecule has 0 spiro atoms. The summed E-state index contributed by atoms with van der Waals surface area (Å²) in [6, 6.07) is 26.6. The molecular weight excluding hydrogens is 391 g/mol. The van der Waals surface area contributed by atoms with E-state index in [2.05, 4.69) is 48.5 Å². The molecule has 5 heteroatoms. The number of carbonyl (C=O) groups excluding carboxylic acids is 1. The van der Waals surface area contributed by atoms with Crippen molar-refractivity contribution in [2.75, 3.05) is 13.1 Å². The Kier molecular flexibility index (Phi) is 6.28. The lowest BCUT2D eigenvalue weighted by Gasteiger charge is -2.36. The van der Waals surface area contributed by atoms with Crippen LogP contribution in [0.4, 0.5) is 9.18 Å². The third-order valence-electron chi connectivity index (χ3n) is 5.84. The summed E-state index contributed by atoms with van der Waals surface area (Å²) in [5, 5.41) is 8.98. The minimum Gasteiger partial charge on any atom is -0.407 e. The second kappa shape index (κ2) is 9.44. The number of nitriles is 1. The van der Waals surface area contributed by atoms with Crippen molar-refractivity contribution in [2.24, 2.45) is 5.92 Å². The average Bonchev–Trinajstić information content (AvgIpc) is 2.82. The highest BCUT2D eigenvalue weighted by Gasteiger charge is 2.31. The van der Waals surface area contributed by atoms with Crippen molar-refractivity contribution in [3.05, 3.63) is 101 Å². The third kappa shape index (κ3) is 4.75. The van der Waals surface area contributed by atoms with Gasteiger partial charge in [0.2, 0.25) is 0 Å². The highest BCUT2D eigenvalue weighted by molar-refractivity contribution is 5.71. The van der Waals surface area contributed by atoms with E-state index in [1.54, 1.807) is 4.90 Å². The summed E-state index contributed by atoms with van der Waals surface area (Å²) in [6.45, 7) is 1.08. The summed E-state index contributed by atoms with van der Waals surface area (Å²) in [6.07, 6.45) is 1.07. The summed E-state index contributed by atoms with van der Waals surface area (Å²) < 4.78 is 19.2. The number of piperidine rings is 1. The van der Waals surface area contributed by atoms with Gasteiger partial charge in [-0.25, -0.2) is 9.18 Å². The molecule has 1 aliphatic rings. The third-order valence-corrected chi connectivity index (χ3v) is 5.84. The number of carbonyl (C=O) groups is 1. The first kappa shape index (κ1) is 20.6. The van der Waals surface area contributed by atoms with Gasteiger partial charge in [0.15, 0.2) is 11.6 Å². The molecule has 0 atom stereocenters. The predicted octanol–water partition coefficient (Wildman–Crippen LogP) is 5.74. The van der Waals surface area contributed by atoms with Crippen molar-refractivity contribution >= 4 is 6.09 Å². The van der Waals surface area contributed by atoms with E-state index in [4.69, 9.17) is 10.00 Å². The maximum Gasteiger partial charge on any atom is 0.415 e. The molecule has 1 amide bonds. The summed E-state index contributed by atoms with van der Waals surface area (Å²) in [5.74, 6) is -0.231. The molecule has 1 heterocycles. The number of rotatable bonds is 4. The molecule has 4 rings (SSSR count). The van der Waals surface area contributed by atoms with Gasteiger partial charge in [-0.2, -0.15) is 5.26 Å². The number of halogens is 1. The molecule has 3 aromatic carbocycles. The summed E-state index contributed by atoms with van der Waals surface area (Å²) in [5.41, 5.74) is 2.78. The van der Waals surface area contributed by atoms with Crippen LogP contribution >= 0.6 is 0 Å². The second-order valence-corrected chi connectivity index (χ2v) is 7.75. The fourth-order valence-corrected chi connectivity index (χ4v) is 4.28. The minimum atomic E-state index is -0.657. The van der Waals surface area contributed by atoms with Gasteiger partial charge in [0, 0.05) is 25.1 Å². The number of hydrogen-bond donors (Lipinski definition) is 0. The van der Waals surface area contributed by atoms with Crippen LogP contribution in [0, 0.1) is 23.1 Å². The lowest BCUT2D eigenvalue weighted by atomic mass is 9.76. The normalized spacial score (nSPS) is 14.3. The van der Waals surface area contributed by atoms with Crippen LogP contribution < -0.4 is 4.74 Å². The van der Waals surface area contributed by atoms with Crippen LogP contribution in [0.3, 0.4) is 0 Å². The zero-order chi connectivity index (χ0) is 21.6. The van der Waals surface area contributed by atoms with Crippen LogP contribution in [0.5, 0.6) is 5.75 Å². The fraction of sp³-hybridized carbons (Fsp3) is 0.231. The van der Waals surface area contributed by atoms with E-state index in [1.807, 2.05) is 18.2 Å². The molecule has 0 radical (unpaired) electrons. The molecule has 1 saturated heterocycles. The Bertz CT molecular complexity index is 1030. The summed E-state index contributed by atoms with van der Waals surface area (Å²) >= 11 is 0. The highest BCUT2D eigenvalue weighted by atomic mass is 19.1. The highest BCUT2D eigenvalue weighted by Crippen LogP contribution is 2.38. The number of benzene rings is 3. The Hall–Kier alpha value is -3.65. The molecule has 0 saturated carbocycles. The summed E-state index contributed by atoms with van der Waals surface area (Å²) in [4.78, 5) is 14.2.